The first-order chi connectivity index (χ1) is 11.0. The number of unbranched alkanes of at least 4 members (excludes halogenated alkanes) is 2. The molecule has 2 aromatic carbocycles. The number of hydrogen-bond donors (Lipinski definition) is 0. The zero-order valence-electron chi connectivity index (χ0n) is 13.2. The highest BCUT2D eigenvalue weighted by Gasteiger charge is 2.17. The highest BCUT2D eigenvalue weighted by Crippen LogP contribution is 2.29. The molecule has 0 atom stereocenters. The zero-order chi connectivity index (χ0) is 16.6. The Bertz CT molecular complexity index is 942. The summed E-state index contributed by atoms with van der Waals surface area (Å²) in [6, 6.07) is 6.64. The van der Waals surface area contributed by atoms with Crippen LogP contribution in [0.2, 0.25) is 0 Å². The fraction of sp³-hybridized carbons (Fsp3) is 0.316. The van der Waals surface area contributed by atoms with Crippen LogP contribution in [0.15, 0.2) is 33.5 Å². The molecule has 0 aliphatic carbocycles. The highest BCUT2D eigenvalue weighted by atomic mass is 19.1. The van der Waals surface area contributed by atoms with Crippen molar-refractivity contribution in [3.8, 4) is 0 Å². The Morgan fingerprint density at radius 2 is 1.74 bits per heavy atom. The van der Waals surface area contributed by atoms with Gasteiger partial charge in [0.1, 0.15) is 11.2 Å². The average Bonchev–Trinajstić information content (AvgIpc) is 2.53. The molecule has 0 fully saturated rings. The molecule has 23 heavy (non-hydrogen) atoms. The van der Waals surface area contributed by atoms with Gasteiger partial charge in [-0.05, 0) is 30.9 Å². The van der Waals surface area contributed by atoms with Gasteiger partial charge in [-0.15, -0.1) is 0 Å². The monoisotopic (exact) mass is 316 g/mol. The highest BCUT2D eigenvalue weighted by molar-refractivity contribution is 6.04. The first-order valence-electron chi connectivity index (χ1n) is 7.87. The number of benzene rings is 2. The van der Waals surface area contributed by atoms with E-state index in [0.717, 1.165) is 19.3 Å². The van der Waals surface area contributed by atoms with E-state index < -0.39 is 17.3 Å². The molecule has 4 heteroatoms. The SMILES string of the molecule is CCCCCc1ccc2c(oc(=O)c3c(F)c(C)ccc32)c1F. The Morgan fingerprint density at radius 1 is 1.00 bits per heavy atom. The second-order valence-electron chi connectivity index (χ2n) is 5.88. The van der Waals surface area contributed by atoms with Gasteiger partial charge in [-0.1, -0.05) is 44.0 Å². The van der Waals surface area contributed by atoms with Crippen LogP contribution in [-0.4, -0.2) is 0 Å². The minimum absolute atomic E-state index is 0.0836. The van der Waals surface area contributed by atoms with Crippen molar-refractivity contribution in [1.29, 1.82) is 0 Å². The Morgan fingerprint density at radius 3 is 2.48 bits per heavy atom. The number of halogens is 2. The number of hydrogen-bond acceptors (Lipinski definition) is 2. The number of fused-ring (bicyclic) bond motifs is 3. The summed E-state index contributed by atoms with van der Waals surface area (Å²) in [4.78, 5) is 12.1. The van der Waals surface area contributed by atoms with Gasteiger partial charge in [0.2, 0.25) is 0 Å². The maximum absolute atomic E-state index is 14.7. The van der Waals surface area contributed by atoms with E-state index in [-0.39, 0.29) is 11.0 Å². The molecule has 2 nitrogen and oxygen atoms in total. The first kappa shape index (κ1) is 15.7. The van der Waals surface area contributed by atoms with Crippen LogP contribution in [0, 0.1) is 18.6 Å². The third-order valence-electron chi connectivity index (χ3n) is 4.25. The molecule has 1 aromatic heterocycles. The van der Waals surface area contributed by atoms with Gasteiger partial charge in [-0.2, -0.15) is 0 Å². The second kappa shape index (κ2) is 6.11. The topological polar surface area (TPSA) is 30.2 Å². The third kappa shape index (κ3) is 2.62. The van der Waals surface area contributed by atoms with Crippen LogP contribution in [-0.2, 0) is 6.42 Å². The van der Waals surface area contributed by atoms with E-state index in [9.17, 15) is 13.6 Å². The van der Waals surface area contributed by atoms with Crippen LogP contribution >= 0.6 is 0 Å². The molecule has 1 heterocycles. The van der Waals surface area contributed by atoms with E-state index >= 15 is 0 Å². The van der Waals surface area contributed by atoms with Gasteiger partial charge in [0.15, 0.2) is 11.4 Å². The standard InChI is InChI=1S/C19H18F2O2/c1-3-4-5-6-12-8-10-14-13-9-7-11(2)16(20)15(13)19(22)23-18(14)17(12)21/h7-10H,3-6H2,1-2H3. The minimum atomic E-state index is -0.835. The molecule has 0 bridgehead atoms. The van der Waals surface area contributed by atoms with Crippen molar-refractivity contribution >= 4 is 21.7 Å². The van der Waals surface area contributed by atoms with Crippen LogP contribution in [0.1, 0.15) is 37.3 Å². The molecular weight excluding hydrogens is 298 g/mol. The van der Waals surface area contributed by atoms with Crippen LogP contribution in [0.25, 0.3) is 21.7 Å². The van der Waals surface area contributed by atoms with Crippen molar-refractivity contribution in [3.63, 3.8) is 0 Å². The van der Waals surface area contributed by atoms with E-state index in [0.29, 0.717) is 28.3 Å². The molecule has 0 amide bonds. The van der Waals surface area contributed by atoms with Gasteiger partial charge < -0.3 is 4.42 Å². The molecule has 0 aliphatic rings. The fourth-order valence-corrected chi connectivity index (χ4v) is 2.92. The molecule has 0 spiro atoms. The predicted molar refractivity (Wildman–Crippen MR) is 87.9 cm³/mol. The zero-order valence-corrected chi connectivity index (χ0v) is 13.2. The molecule has 0 unspecified atom stereocenters. The van der Waals surface area contributed by atoms with Crippen LogP contribution in [0.3, 0.4) is 0 Å². The minimum Gasteiger partial charge on any atom is -0.419 e. The molecule has 0 saturated carbocycles. The maximum Gasteiger partial charge on any atom is 0.347 e. The lowest BCUT2D eigenvalue weighted by molar-refractivity contribution is 0.519. The Kier molecular flexibility index (Phi) is 4.16. The summed E-state index contributed by atoms with van der Waals surface area (Å²) in [5, 5.41) is 0.698. The van der Waals surface area contributed by atoms with Crippen LogP contribution in [0.5, 0.6) is 0 Å². The van der Waals surface area contributed by atoms with Crippen LogP contribution in [0.4, 0.5) is 8.78 Å². The summed E-state index contributed by atoms with van der Waals surface area (Å²) < 4.78 is 34.0. The van der Waals surface area contributed by atoms with E-state index in [1.54, 1.807) is 31.2 Å². The van der Waals surface area contributed by atoms with E-state index in [1.165, 1.54) is 0 Å². The van der Waals surface area contributed by atoms with Gasteiger partial charge in [-0.3, -0.25) is 0 Å². The van der Waals surface area contributed by atoms with Gasteiger partial charge >= 0.3 is 5.63 Å². The number of aryl methyl sites for hydroxylation is 2. The second-order valence-corrected chi connectivity index (χ2v) is 5.88. The maximum atomic E-state index is 14.7. The molecule has 0 aliphatic heterocycles. The van der Waals surface area contributed by atoms with Gasteiger partial charge in [0.25, 0.3) is 0 Å². The summed E-state index contributed by atoms with van der Waals surface area (Å²) in [7, 11) is 0. The largest absolute Gasteiger partial charge is 0.419 e. The molecule has 0 radical (unpaired) electrons. The van der Waals surface area contributed by atoms with E-state index in [2.05, 4.69) is 6.92 Å². The quantitative estimate of drug-likeness (QED) is 0.373. The van der Waals surface area contributed by atoms with Gasteiger partial charge in [-0.25, -0.2) is 13.6 Å². The van der Waals surface area contributed by atoms with Crippen molar-refractivity contribution in [2.45, 2.75) is 39.5 Å². The fourth-order valence-electron chi connectivity index (χ4n) is 2.92. The predicted octanol–water partition coefficient (Wildman–Crippen LogP) is 5.27. The van der Waals surface area contributed by atoms with Crippen molar-refractivity contribution in [2.75, 3.05) is 0 Å². The van der Waals surface area contributed by atoms with E-state index in [4.69, 9.17) is 4.42 Å². The summed E-state index contributed by atoms with van der Waals surface area (Å²) in [6.45, 7) is 3.66. The molecule has 120 valence electrons. The Labute approximate surface area is 132 Å². The average molecular weight is 316 g/mol. The molecular formula is C19H18F2O2. The van der Waals surface area contributed by atoms with Crippen molar-refractivity contribution in [1.82, 2.24) is 0 Å². The summed E-state index contributed by atoms with van der Waals surface area (Å²) in [5.41, 5.74) is -0.0279. The summed E-state index contributed by atoms with van der Waals surface area (Å²) in [6.07, 6.45) is 3.54. The van der Waals surface area contributed by atoms with Crippen molar-refractivity contribution in [2.24, 2.45) is 0 Å². The van der Waals surface area contributed by atoms with Gasteiger partial charge in [0.05, 0.1) is 0 Å². The lowest BCUT2D eigenvalue weighted by Crippen LogP contribution is -2.05. The Hall–Kier alpha value is -2.23. The smallest absolute Gasteiger partial charge is 0.347 e. The molecule has 3 aromatic rings. The van der Waals surface area contributed by atoms with Crippen LogP contribution < -0.4 is 5.63 Å². The summed E-state index contributed by atoms with van der Waals surface area (Å²) in [5.74, 6) is -1.12. The lowest BCUT2D eigenvalue weighted by atomic mass is 10.0. The molecule has 3 rings (SSSR count). The number of rotatable bonds is 4. The molecule has 0 saturated heterocycles. The van der Waals surface area contributed by atoms with Gasteiger partial charge in [0, 0.05) is 10.8 Å². The third-order valence-corrected chi connectivity index (χ3v) is 4.25. The normalized spacial score (nSPS) is 11.5. The summed E-state index contributed by atoms with van der Waals surface area (Å²) >= 11 is 0. The molecule has 0 N–H and O–H groups in total. The van der Waals surface area contributed by atoms with Crippen molar-refractivity contribution in [3.05, 3.63) is 57.4 Å². The van der Waals surface area contributed by atoms with Crippen molar-refractivity contribution < 1.29 is 13.2 Å². The first-order valence-corrected chi connectivity index (χ1v) is 7.87. The Balaban J connectivity index is 2.26. The lowest BCUT2D eigenvalue weighted by Gasteiger charge is -2.08. The van der Waals surface area contributed by atoms with E-state index in [1.807, 2.05) is 0 Å².